The minimum Gasteiger partial charge on any atom is -0.351 e. The summed E-state index contributed by atoms with van der Waals surface area (Å²) in [6, 6.07) is 1.80. The number of H-pyrrole nitrogens is 1. The van der Waals surface area contributed by atoms with Crippen molar-refractivity contribution in [1.82, 2.24) is 15.3 Å². The van der Waals surface area contributed by atoms with E-state index in [-0.39, 0.29) is 11.9 Å². The van der Waals surface area contributed by atoms with Crippen molar-refractivity contribution in [3.8, 4) is 0 Å². The Balaban J connectivity index is 2.03. The Labute approximate surface area is 147 Å². The number of carbonyl (C=O) groups excluding carboxylic acids is 1. The Kier molecular flexibility index (Phi) is 6.04. The van der Waals surface area contributed by atoms with Crippen molar-refractivity contribution in [3.63, 3.8) is 0 Å². The SMILES string of the molecule is C=Cc1[nH]c(C(=O)NC(C)CC2=CN(C)N=CC2)cc1/C=C(\C)Cl. The lowest BCUT2D eigenvalue weighted by molar-refractivity contribution is 0.0935. The molecule has 1 amide bonds. The van der Waals surface area contributed by atoms with Gasteiger partial charge in [-0.05, 0) is 44.1 Å². The largest absolute Gasteiger partial charge is 0.351 e. The van der Waals surface area contributed by atoms with Gasteiger partial charge in [-0.1, -0.05) is 18.2 Å². The van der Waals surface area contributed by atoms with Crippen molar-refractivity contribution in [2.75, 3.05) is 7.05 Å². The third-order valence-electron chi connectivity index (χ3n) is 3.62. The number of nitrogens with zero attached hydrogens (tertiary/aromatic N) is 2. The summed E-state index contributed by atoms with van der Waals surface area (Å²) in [4.78, 5) is 15.5. The molecule has 1 aliphatic rings. The maximum Gasteiger partial charge on any atom is 0.267 e. The van der Waals surface area contributed by atoms with Crippen molar-refractivity contribution < 1.29 is 4.79 Å². The third-order valence-corrected chi connectivity index (χ3v) is 3.72. The van der Waals surface area contributed by atoms with E-state index in [1.807, 2.05) is 26.4 Å². The molecular weight excluding hydrogens is 324 g/mol. The van der Waals surface area contributed by atoms with Crippen molar-refractivity contribution in [2.45, 2.75) is 32.7 Å². The highest BCUT2D eigenvalue weighted by atomic mass is 35.5. The van der Waals surface area contributed by atoms with Gasteiger partial charge in [0.05, 0.1) is 0 Å². The van der Waals surface area contributed by atoms with Crippen LogP contribution in [0, 0.1) is 0 Å². The smallest absolute Gasteiger partial charge is 0.267 e. The van der Waals surface area contributed by atoms with E-state index in [0.29, 0.717) is 10.7 Å². The summed E-state index contributed by atoms with van der Waals surface area (Å²) in [6.45, 7) is 7.54. The quantitative estimate of drug-likeness (QED) is 0.818. The molecule has 0 aromatic carbocycles. The summed E-state index contributed by atoms with van der Waals surface area (Å²) in [5.41, 5.74) is 3.36. The maximum absolute atomic E-state index is 12.4. The van der Waals surface area contributed by atoms with Crippen LogP contribution >= 0.6 is 11.6 Å². The molecule has 0 radical (unpaired) electrons. The monoisotopic (exact) mass is 346 g/mol. The molecule has 0 bridgehead atoms. The number of halogens is 1. The van der Waals surface area contributed by atoms with Gasteiger partial charge in [-0.25, -0.2) is 0 Å². The van der Waals surface area contributed by atoms with E-state index in [1.54, 1.807) is 30.2 Å². The Morgan fingerprint density at radius 1 is 1.62 bits per heavy atom. The first kappa shape index (κ1) is 18.1. The van der Waals surface area contributed by atoms with E-state index in [4.69, 9.17) is 11.6 Å². The molecular formula is C18H23ClN4O. The van der Waals surface area contributed by atoms with Gasteiger partial charge in [0.1, 0.15) is 5.69 Å². The van der Waals surface area contributed by atoms with Gasteiger partial charge < -0.3 is 10.3 Å². The summed E-state index contributed by atoms with van der Waals surface area (Å²) in [5, 5.41) is 9.59. The zero-order valence-electron chi connectivity index (χ0n) is 14.3. The Morgan fingerprint density at radius 2 is 2.38 bits per heavy atom. The molecule has 1 unspecified atom stereocenters. The molecule has 1 aromatic rings. The van der Waals surface area contributed by atoms with Crippen molar-refractivity contribution in [2.24, 2.45) is 5.10 Å². The highest BCUT2D eigenvalue weighted by molar-refractivity contribution is 6.31. The van der Waals surface area contributed by atoms with E-state index in [2.05, 4.69) is 22.0 Å². The van der Waals surface area contributed by atoms with E-state index in [9.17, 15) is 4.79 Å². The molecule has 0 fully saturated rings. The van der Waals surface area contributed by atoms with Gasteiger partial charge in [-0.3, -0.25) is 9.80 Å². The van der Waals surface area contributed by atoms with Crippen LogP contribution in [-0.2, 0) is 0 Å². The van der Waals surface area contributed by atoms with Gasteiger partial charge in [-0.2, -0.15) is 5.10 Å². The Bertz CT molecular complexity index is 711. The van der Waals surface area contributed by atoms with Gasteiger partial charge in [-0.15, -0.1) is 0 Å². The van der Waals surface area contributed by atoms with E-state index in [1.165, 1.54) is 5.57 Å². The number of hydrazone groups is 1. The number of aromatic amines is 1. The molecule has 0 saturated heterocycles. The topological polar surface area (TPSA) is 60.5 Å². The molecule has 1 aromatic heterocycles. The molecule has 0 spiro atoms. The van der Waals surface area contributed by atoms with E-state index < -0.39 is 0 Å². The van der Waals surface area contributed by atoms with Crippen LogP contribution in [0.25, 0.3) is 12.2 Å². The molecule has 2 heterocycles. The third kappa shape index (κ3) is 4.86. The van der Waals surface area contributed by atoms with Crippen LogP contribution in [0.15, 0.2) is 34.6 Å². The molecule has 5 nitrogen and oxygen atoms in total. The molecule has 128 valence electrons. The summed E-state index contributed by atoms with van der Waals surface area (Å²) in [5.74, 6) is -0.143. The maximum atomic E-state index is 12.4. The van der Waals surface area contributed by atoms with Crippen LogP contribution in [0.1, 0.15) is 48.4 Å². The van der Waals surface area contributed by atoms with Crippen molar-refractivity contribution in [3.05, 3.63) is 46.4 Å². The lowest BCUT2D eigenvalue weighted by Crippen LogP contribution is -2.33. The first-order valence-electron chi connectivity index (χ1n) is 7.84. The number of nitrogens with one attached hydrogen (secondary N) is 2. The first-order valence-corrected chi connectivity index (χ1v) is 8.21. The molecule has 2 N–H and O–H groups in total. The zero-order chi connectivity index (χ0) is 17.7. The van der Waals surface area contributed by atoms with Gasteiger partial charge >= 0.3 is 0 Å². The minimum atomic E-state index is -0.143. The number of hydrogen-bond donors (Lipinski definition) is 2. The normalized spacial score (nSPS) is 15.9. The van der Waals surface area contributed by atoms with Crippen LogP contribution in [0.4, 0.5) is 0 Å². The second kappa shape index (κ2) is 8.02. The van der Waals surface area contributed by atoms with Crippen molar-refractivity contribution >= 4 is 35.9 Å². The van der Waals surface area contributed by atoms with Gasteiger partial charge in [0, 0.05) is 48.2 Å². The molecule has 1 atom stereocenters. The highest BCUT2D eigenvalue weighted by Gasteiger charge is 2.15. The average molecular weight is 347 g/mol. The number of aromatic nitrogens is 1. The zero-order valence-corrected chi connectivity index (χ0v) is 15.0. The summed E-state index contributed by atoms with van der Waals surface area (Å²) in [6.07, 6.45) is 8.95. The number of allylic oxidation sites excluding steroid dienone is 1. The fourth-order valence-corrected chi connectivity index (χ4v) is 2.75. The van der Waals surface area contributed by atoms with Crippen LogP contribution in [0.2, 0.25) is 0 Å². The highest BCUT2D eigenvalue weighted by Crippen LogP contribution is 2.18. The lowest BCUT2D eigenvalue weighted by Gasteiger charge is -2.19. The molecule has 24 heavy (non-hydrogen) atoms. The fourth-order valence-electron chi connectivity index (χ4n) is 2.63. The lowest BCUT2D eigenvalue weighted by atomic mass is 10.1. The standard InChI is InChI=1S/C18H23ClN4O/c1-5-16-15(8-12(2)19)10-17(22-16)18(24)21-13(3)9-14-6-7-20-23(4)11-14/h5,7-8,10-11,13,22H,1,6,9H2,2-4H3,(H,21,24)/b12-8+. The number of amides is 1. The summed E-state index contributed by atoms with van der Waals surface area (Å²) in [7, 11) is 1.89. The number of hydrogen-bond acceptors (Lipinski definition) is 3. The van der Waals surface area contributed by atoms with Crippen LogP contribution < -0.4 is 5.32 Å². The number of rotatable bonds is 6. The van der Waals surface area contributed by atoms with Crippen LogP contribution in [-0.4, -0.2) is 35.2 Å². The molecule has 2 rings (SSSR count). The summed E-state index contributed by atoms with van der Waals surface area (Å²) >= 11 is 5.93. The fraction of sp³-hybridized carbons (Fsp3) is 0.333. The Hall–Kier alpha value is -2.27. The average Bonchev–Trinajstić information content (AvgIpc) is 2.89. The second-order valence-electron chi connectivity index (χ2n) is 5.93. The molecule has 1 aliphatic heterocycles. The van der Waals surface area contributed by atoms with E-state index >= 15 is 0 Å². The van der Waals surface area contributed by atoms with E-state index in [0.717, 1.165) is 24.1 Å². The minimum absolute atomic E-state index is 0.0212. The first-order chi connectivity index (χ1) is 11.4. The molecule has 6 heteroatoms. The van der Waals surface area contributed by atoms with Gasteiger partial charge in [0.25, 0.3) is 5.91 Å². The predicted molar refractivity (Wildman–Crippen MR) is 101 cm³/mol. The van der Waals surface area contributed by atoms with Crippen LogP contribution in [0.3, 0.4) is 0 Å². The molecule has 0 saturated carbocycles. The van der Waals surface area contributed by atoms with Crippen molar-refractivity contribution in [1.29, 1.82) is 0 Å². The predicted octanol–water partition coefficient (Wildman–Crippen LogP) is 3.97. The molecule has 0 aliphatic carbocycles. The van der Waals surface area contributed by atoms with Gasteiger partial charge in [0.15, 0.2) is 0 Å². The summed E-state index contributed by atoms with van der Waals surface area (Å²) < 4.78 is 0. The second-order valence-corrected chi connectivity index (χ2v) is 6.53. The van der Waals surface area contributed by atoms with Gasteiger partial charge in [0.2, 0.25) is 0 Å². The Morgan fingerprint density at radius 3 is 3.00 bits per heavy atom. The van der Waals surface area contributed by atoms with Crippen LogP contribution in [0.5, 0.6) is 0 Å². The number of carbonyl (C=O) groups is 1.